The molecule has 0 aromatic carbocycles. The molecule has 1 fully saturated rings. The standard InChI is InChI=1S/C17H19N3O4/c1-5-23-14(21)16-8-17(16,15(22)24-6-2)20-11(4)10(3)12(7-18)13(20)19-9-16/h9H,5-6,8H2,1-4H3. The minimum Gasteiger partial charge on any atom is -0.465 e. The molecule has 1 saturated carbocycles. The summed E-state index contributed by atoms with van der Waals surface area (Å²) in [4.78, 5) is 29.7. The largest absolute Gasteiger partial charge is 0.465 e. The van der Waals surface area contributed by atoms with Gasteiger partial charge in [0, 0.05) is 18.3 Å². The Balaban J connectivity index is 2.24. The molecule has 7 heteroatoms. The van der Waals surface area contributed by atoms with Gasteiger partial charge in [0.1, 0.15) is 11.5 Å². The van der Waals surface area contributed by atoms with Crippen molar-refractivity contribution in [3.63, 3.8) is 0 Å². The zero-order valence-corrected chi connectivity index (χ0v) is 14.2. The topological polar surface area (TPSA) is 93.7 Å². The molecule has 0 saturated heterocycles. The Bertz CT molecular complexity index is 817. The SMILES string of the molecule is CCOC(=O)C12C=Nc3c(C#N)c(C)c(C)n3C1(C(=O)OCC)C2. The molecule has 126 valence electrons. The van der Waals surface area contributed by atoms with E-state index < -0.39 is 22.9 Å². The van der Waals surface area contributed by atoms with E-state index in [2.05, 4.69) is 11.1 Å². The number of hydrogen-bond donors (Lipinski definition) is 0. The van der Waals surface area contributed by atoms with Gasteiger partial charge in [-0.2, -0.15) is 5.26 Å². The van der Waals surface area contributed by atoms with E-state index in [-0.39, 0.29) is 19.6 Å². The van der Waals surface area contributed by atoms with Crippen LogP contribution in [0.4, 0.5) is 5.82 Å². The van der Waals surface area contributed by atoms with E-state index in [4.69, 9.17) is 9.47 Å². The van der Waals surface area contributed by atoms with Crippen molar-refractivity contribution in [1.82, 2.24) is 4.57 Å². The predicted octanol–water partition coefficient (Wildman–Crippen LogP) is 1.90. The normalized spacial score (nSPS) is 26.1. The van der Waals surface area contributed by atoms with E-state index in [0.717, 1.165) is 11.3 Å². The fraction of sp³-hybridized carbons (Fsp3) is 0.529. The summed E-state index contributed by atoms with van der Waals surface area (Å²) in [5, 5.41) is 9.43. The number of carbonyl (C=O) groups excluding carboxylic acids is 2. The lowest BCUT2D eigenvalue weighted by Gasteiger charge is -2.27. The third-order valence-corrected chi connectivity index (χ3v) is 4.99. The summed E-state index contributed by atoms with van der Waals surface area (Å²) >= 11 is 0. The Labute approximate surface area is 139 Å². The number of nitrogens with zero attached hydrogens (tertiary/aromatic N) is 3. The Kier molecular flexibility index (Phi) is 3.52. The molecule has 2 aliphatic rings. The van der Waals surface area contributed by atoms with Crippen LogP contribution in [0.3, 0.4) is 0 Å². The van der Waals surface area contributed by atoms with E-state index in [1.165, 1.54) is 6.21 Å². The van der Waals surface area contributed by atoms with Crippen molar-refractivity contribution in [2.24, 2.45) is 10.4 Å². The summed E-state index contributed by atoms with van der Waals surface area (Å²) in [5.41, 5.74) is -0.476. The number of nitriles is 1. The van der Waals surface area contributed by atoms with Gasteiger partial charge >= 0.3 is 11.9 Å². The Morgan fingerprint density at radius 2 is 1.92 bits per heavy atom. The van der Waals surface area contributed by atoms with Crippen molar-refractivity contribution >= 4 is 24.0 Å². The van der Waals surface area contributed by atoms with Gasteiger partial charge in [-0.05, 0) is 33.3 Å². The third kappa shape index (κ3) is 1.68. The van der Waals surface area contributed by atoms with Gasteiger partial charge in [0.2, 0.25) is 0 Å². The lowest BCUT2D eigenvalue weighted by molar-refractivity contribution is -0.156. The number of rotatable bonds is 4. The number of hydrogen-bond acceptors (Lipinski definition) is 6. The maximum atomic E-state index is 12.8. The first-order valence-corrected chi connectivity index (χ1v) is 7.93. The molecule has 24 heavy (non-hydrogen) atoms. The first kappa shape index (κ1) is 16.2. The minimum absolute atomic E-state index is 0.205. The maximum Gasteiger partial charge on any atom is 0.334 e. The Hall–Kier alpha value is -2.62. The molecule has 1 aromatic heterocycles. The zero-order valence-electron chi connectivity index (χ0n) is 14.2. The lowest BCUT2D eigenvalue weighted by Crippen LogP contribution is -2.42. The van der Waals surface area contributed by atoms with Gasteiger partial charge in [-0.25, -0.2) is 9.79 Å². The molecule has 1 aromatic rings. The van der Waals surface area contributed by atoms with Crippen molar-refractivity contribution in [1.29, 1.82) is 5.26 Å². The van der Waals surface area contributed by atoms with Gasteiger partial charge in [-0.3, -0.25) is 4.79 Å². The highest BCUT2D eigenvalue weighted by molar-refractivity contribution is 6.11. The van der Waals surface area contributed by atoms with Crippen molar-refractivity contribution in [2.75, 3.05) is 13.2 Å². The first-order chi connectivity index (χ1) is 11.4. The highest BCUT2D eigenvalue weighted by atomic mass is 16.5. The molecular formula is C17H19N3O4. The van der Waals surface area contributed by atoms with Crippen LogP contribution in [-0.4, -0.2) is 35.9 Å². The van der Waals surface area contributed by atoms with Crippen LogP contribution in [0.2, 0.25) is 0 Å². The zero-order chi connectivity index (χ0) is 17.7. The van der Waals surface area contributed by atoms with Crippen LogP contribution in [0.15, 0.2) is 4.99 Å². The molecule has 2 unspecified atom stereocenters. The second-order valence-electron chi connectivity index (χ2n) is 6.06. The van der Waals surface area contributed by atoms with E-state index in [0.29, 0.717) is 11.4 Å². The number of ether oxygens (including phenoxy) is 2. The molecular weight excluding hydrogens is 310 g/mol. The van der Waals surface area contributed by atoms with Crippen LogP contribution >= 0.6 is 0 Å². The van der Waals surface area contributed by atoms with Crippen LogP contribution in [0.5, 0.6) is 0 Å². The number of esters is 2. The molecule has 3 rings (SSSR count). The van der Waals surface area contributed by atoms with E-state index in [9.17, 15) is 14.9 Å². The van der Waals surface area contributed by atoms with Crippen LogP contribution in [0, 0.1) is 30.6 Å². The number of carbonyl (C=O) groups is 2. The van der Waals surface area contributed by atoms with Crippen LogP contribution < -0.4 is 0 Å². The maximum absolute atomic E-state index is 12.8. The fourth-order valence-electron chi connectivity index (χ4n) is 3.62. The summed E-state index contributed by atoms with van der Waals surface area (Å²) in [6.07, 6.45) is 1.69. The van der Waals surface area contributed by atoms with Gasteiger partial charge in [0.25, 0.3) is 0 Å². The quantitative estimate of drug-likeness (QED) is 0.787. The van der Waals surface area contributed by atoms with Gasteiger partial charge in [-0.15, -0.1) is 0 Å². The van der Waals surface area contributed by atoms with Gasteiger partial charge in [-0.1, -0.05) is 0 Å². The van der Waals surface area contributed by atoms with Crippen molar-refractivity contribution < 1.29 is 19.1 Å². The highest BCUT2D eigenvalue weighted by Gasteiger charge is 2.81. The first-order valence-electron chi connectivity index (χ1n) is 7.93. The van der Waals surface area contributed by atoms with Crippen molar-refractivity contribution in [2.45, 2.75) is 39.7 Å². The molecule has 1 aliphatic heterocycles. The third-order valence-electron chi connectivity index (χ3n) is 4.99. The monoisotopic (exact) mass is 329 g/mol. The van der Waals surface area contributed by atoms with Crippen molar-refractivity contribution in [3.05, 3.63) is 16.8 Å². The average molecular weight is 329 g/mol. The molecule has 0 bridgehead atoms. The lowest BCUT2D eigenvalue weighted by atomic mass is 9.99. The molecule has 2 heterocycles. The molecule has 0 radical (unpaired) electrons. The molecule has 0 N–H and O–H groups in total. The summed E-state index contributed by atoms with van der Waals surface area (Å²) in [5.74, 6) is -0.581. The highest BCUT2D eigenvalue weighted by Crippen LogP contribution is 2.66. The second kappa shape index (κ2) is 5.20. The minimum atomic E-state index is -1.21. The molecule has 0 spiro atoms. The summed E-state index contributed by atoms with van der Waals surface area (Å²) in [7, 11) is 0. The fourth-order valence-corrected chi connectivity index (χ4v) is 3.62. The molecule has 7 nitrogen and oxygen atoms in total. The van der Waals surface area contributed by atoms with Crippen LogP contribution in [0.1, 0.15) is 37.1 Å². The smallest absolute Gasteiger partial charge is 0.334 e. The molecule has 2 atom stereocenters. The predicted molar refractivity (Wildman–Crippen MR) is 85.1 cm³/mol. The summed E-state index contributed by atoms with van der Waals surface area (Å²) in [6.45, 7) is 7.48. The van der Waals surface area contributed by atoms with Crippen LogP contribution in [0.25, 0.3) is 0 Å². The van der Waals surface area contributed by atoms with Gasteiger partial charge < -0.3 is 14.0 Å². The second-order valence-corrected chi connectivity index (χ2v) is 6.06. The Morgan fingerprint density at radius 3 is 2.50 bits per heavy atom. The van der Waals surface area contributed by atoms with Gasteiger partial charge in [0.05, 0.1) is 18.8 Å². The van der Waals surface area contributed by atoms with E-state index >= 15 is 0 Å². The Morgan fingerprint density at radius 1 is 1.29 bits per heavy atom. The number of aliphatic imine (C=N–C) groups is 1. The molecule has 1 aliphatic carbocycles. The van der Waals surface area contributed by atoms with Crippen molar-refractivity contribution in [3.8, 4) is 6.07 Å². The number of aromatic nitrogens is 1. The van der Waals surface area contributed by atoms with Gasteiger partial charge in [0.15, 0.2) is 11.4 Å². The van der Waals surface area contributed by atoms with E-state index in [1.54, 1.807) is 18.4 Å². The number of fused-ring (bicyclic) bond motifs is 3. The average Bonchev–Trinajstić information content (AvgIpc) is 3.20. The summed E-state index contributed by atoms with van der Waals surface area (Å²) in [6, 6.07) is 2.14. The van der Waals surface area contributed by atoms with Crippen LogP contribution in [-0.2, 0) is 24.6 Å². The summed E-state index contributed by atoms with van der Waals surface area (Å²) < 4.78 is 12.1. The van der Waals surface area contributed by atoms with E-state index in [1.807, 2.05) is 13.8 Å². The molecule has 0 amide bonds.